The molecule has 1 N–H and O–H groups in total. The Hall–Kier alpha value is -1.60. The zero-order valence-electron chi connectivity index (χ0n) is 12.3. The van der Waals surface area contributed by atoms with Crippen LogP contribution in [0.25, 0.3) is 0 Å². The molecule has 2 amide bonds. The Morgan fingerprint density at radius 1 is 1.48 bits per heavy atom. The van der Waals surface area contributed by atoms with E-state index >= 15 is 0 Å². The number of benzene rings is 1. The van der Waals surface area contributed by atoms with E-state index < -0.39 is 0 Å². The van der Waals surface area contributed by atoms with Crippen molar-refractivity contribution in [3.63, 3.8) is 0 Å². The Morgan fingerprint density at radius 3 is 2.95 bits per heavy atom. The summed E-state index contributed by atoms with van der Waals surface area (Å²) in [6.45, 7) is 2.94. The number of urea groups is 1. The third-order valence-electron chi connectivity index (χ3n) is 3.05. The molecule has 1 aromatic heterocycles. The Kier molecular flexibility index (Phi) is 5.58. The molecule has 2 aromatic rings. The molecule has 0 saturated carbocycles. The molecule has 112 valence electrons. The third kappa shape index (κ3) is 4.44. The van der Waals surface area contributed by atoms with Gasteiger partial charge in [-0.25, -0.2) is 4.79 Å². The van der Waals surface area contributed by atoms with Gasteiger partial charge >= 0.3 is 6.03 Å². The van der Waals surface area contributed by atoms with Gasteiger partial charge in [0.1, 0.15) is 0 Å². The van der Waals surface area contributed by atoms with Gasteiger partial charge in [-0.2, -0.15) is 0 Å². The Bertz CT molecular complexity index is 615. The summed E-state index contributed by atoms with van der Waals surface area (Å²) in [7, 11) is 1.79. The average molecular weight is 322 g/mol. The summed E-state index contributed by atoms with van der Waals surface area (Å²) in [5.74, 6) is 0. The highest BCUT2D eigenvalue weighted by atomic mass is 32.2. The van der Waals surface area contributed by atoms with Crippen LogP contribution in [-0.4, -0.2) is 33.8 Å². The second-order valence-electron chi connectivity index (χ2n) is 4.65. The molecule has 0 atom stereocenters. The zero-order valence-corrected chi connectivity index (χ0v) is 13.9. The summed E-state index contributed by atoms with van der Waals surface area (Å²) >= 11 is 3.01. The van der Waals surface area contributed by atoms with Crippen molar-refractivity contribution < 1.29 is 4.79 Å². The summed E-state index contributed by atoms with van der Waals surface area (Å²) in [5.41, 5.74) is 1.99. The van der Waals surface area contributed by atoms with Gasteiger partial charge in [-0.1, -0.05) is 16.6 Å². The van der Waals surface area contributed by atoms with Crippen LogP contribution in [0.5, 0.6) is 0 Å². The van der Waals surface area contributed by atoms with E-state index in [9.17, 15) is 4.79 Å². The standard InChI is InChI=1S/C14H18N4OS2/c1-10-13(21-17-16-10)8-15-14(19)18(2)9-11-5-4-6-12(7-11)20-3/h4-7H,8-9H2,1-3H3,(H,15,19). The monoisotopic (exact) mass is 322 g/mol. The van der Waals surface area contributed by atoms with Gasteiger partial charge < -0.3 is 10.2 Å². The van der Waals surface area contributed by atoms with Crippen LogP contribution < -0.4 is 5.32 Å². The van der Waals surface area contributed by atoms with E-state index in [1.54, 1.807) is 23.7 Å². The van der Waals surface area contributed by atoms with Crippen molar-refractivity contribution in [2.75, 3.05) is 13.3 Å². The number of thioether (sulfide) groups is 1. The Morgan fingerprint density at radius 2 is 2.29 bits per heavy atom. The molecule has 0 aliphatic carbocycles. The number of amides is 2. The van der Waals surface area contributed by atoms with Crippen molar-refractivity contribution >= 4 is 29.3 Å². The van der Waals surface area contributed by atoms with E-state index in [4.69, 9.17) is 0 Å². The first kappa shape index (κ1) is 15.8. The molecule has 5 nitrogen and oxygen atoms in total. The van der Waals surface area contributed by atoms with Crippen molar-refractivity contribution in [1.82, 2.24) is 19.8 Å². The van der Waals surface area contributed by atoms with E-state index in [-0.39, 0.29) is 6.03 Å². The normalized spacial score (nSPS) is 10.4. The van der Waals surface area contributed by atoms with E-state index in [1.165, 1.54) is 16.4 Å². The lowest BCUT2D eigenvalue weighted by molar-refractivity contribution is 0.206. The summed E-state index contributed by atoms with van der Waals surface area (Å²) in [6.07, 6.45) is 2.04. The van der Waals surface area contributed by atoms with Crippen molar-refractivity contribution in [2.24, 2.45) is 0 Å². The van der Waals surface area contributed by atoms with Crippen molar-refractivity contribution in [1.29, 1.82) is 0 Å². The summed E-state index contributed by atoms with van der Waals surface area (Å²) in [4.78, 5) is 15.9. The van der Waals surface area contributed by atoms with Crippen LogP contribution in [0.4, 0.5) is 4.79 Å². The number of aryl methyl sites for hydroxylation is 1. The maximum absolute atomic E-state index is 12.1. The van der Waals surface area contributed by atoms with E-state index in [2.05, 4.69) is 27.0 Å². The SMILES string of the molecule is CSc1cccc(CN(C)C(=O)NCc2snnc2C)c1. The second kappa shape index (κ2) is 7.42. The smallest absolute Gasteiger partial charge is 0.317 e. The van der Waals surface area contributed by atoms with Crippen LogP contribution in [0, 0.1) is 6.92 Å². The molecule has 0 unspecified atom stereocenters. The largest absolute Gasteiger partial charge is 0.333 e. The molecule has 21 heavy (non-hydrogen) atoms. The van der Waals surface area contributed by atoms with Crippen LogP contribution in [-0.2, 0) is 13.1 Å². The molecule has 2 rings (SSSR count). The van der Waals surface area contributed by atoms with Crippen LogP contribution in [0.1, 0.15) is 16.1 Å². The summed E-state index contributed by atoms with van der Waals surface area (Å²) in [6, 6.07) is 8.11. The number of carbonyl (C=O) groups is 1. The van der Waals surface area contributed by atoms with Gasteiger partial charge in [0, 0.05) is 18.5 Å². The third-order valence-corrected chi connectivity index (χ3v) is 4.59. The minimum absolute atomic E-state index is 0.0997. The number of carbonyl (C=O) groups excluding carboxylic acids is 1. The van der Waals surface area contributed by atoms with Gasteiger partial charge in [-0.3, -0.25) is 0 Å². The number of aromatic nitrogens is 2. The predicted molar refractivity (Wildman–Crippen MR) is 86.6 cm³/mol. The highest BCUT2D eigenvalue weighted by Crippen LogP contribution is 2.16. The quantitative estimate of drug-likeness (QED) is 0.860. The van der Waals surface area contributed by atoms with Crippen LogP contribution >= 0.6 is 23.3 Å². The molecule has 0 radical (unpaired) electrons. The second-order valence-corrected chi connectivity index (χ2v) is 6.37. The first-order chi connectivity index (χ1) is 10.1. The molecule has 0 aliphatic rings. The maximum atomic E-state index is 12.1. The van der Waals surface area contributed by atoms with Gasteiger partial charge in [0.25, 0.3) is 0 Å². The molecular formula is C14H18N4OS2. The first-order valence-corrected chi connectivity index (χ1v) is 8.49. The number of nitrogens with zero attached hydrogens (tertiary/aromatic N) is 3. The Balaban J connectivity index is 1.88. The van der Waals surface area contributed by atoms with E-state index in [0.717, 1.165) is 16.1 Å². The zero-order chi connectivity index (χ0) is 15.2. The molecule has 1 aromatic carbocycles. The van der Waals surface area contributed by atoms with E-state index in [1.807, 2.05) is 25.3 Å². The fourth-order valence-electron chi connectivity index (χ4n) is 1.82. The highest BCUT2D eigenvalue weighted by Gasteiger charge is 2.11. The molecule has 0 saturated heterocycles. The fraction of sp³-hybridized carbons (Fsp3) is 0.357. The van der Waals surface area contributed by atoms with Gasteiger partial charge in [-0.15, -0.1) is 16.9 Å². The minimum atomic E-state index is -0.0997. The molecule has 1 heterocycles. The van der Waals surface area contributed by atoms with Crippen LogP contribution in [0.3, 0.4) is 0 Å². The number of hydrogen-bond donors (Lipinski definition) is 1. The molecular weight excluding hydrogens is 304 g/mol. The van der Waals surface area contributed by atoms with Gasteiger partial charge in [-0.05, 0) is 42.4 Å². The van der Waals surface area contributed by atoms with Gasteiger partial charge in [0.15, 0.2) is 0 Å². The maximum Gasteiger partial charge on any atom is 0.317 e. The van der Waals surface area contributed by atoms with Crippen LogP contribution in [0.2, 0.25) is 0 Å². The van der Waals surface area contributed by atoms with Crippen molar-refractivity contribution in [3.8, 4) is 0 Å². The first-order valence-electron chi connectivity index (χ1n) is 6.50. The highest BCUT2D eigenvalue weighted by molar-refractivity contribution is 7.98. The minimum Gasteiger partial charge on any atom is -0.333 e. The lowest BCUT2D eigenvalue weighted by Crippen LogP contribution is -2.36. The molecule has 0 spiro atoms. The Labute approximate surface area is 132 Å². The van der Waals surface area contributed by atoms with Crippen molar-refractivity contribution in [2.45, 2.75) is 24.9 Å². The molecule has 7 heteroatoms. The van der Waals surface area contributed by atoms with Gasteiger partial charge in [0.05, 0.1) is 17.1 Å². The summed E-state index contributed by atoms with van der Waals surface area (Å²) < 4.78 is 3.86. The van der Waals surface area contributed by atoms with E-state index in [0.29, 0.717) is 13.1 Å². The van der Waals surface area contributed by atoms with Crippen LogP contribution in [0.15, 0.2) is 29.2 Å². The molecule has 0 aliphatic heterocycles. The van der Waals surface area contributed by atoms with Gasteiger partial charge in [0.2, 0.25) is 0 Å². The van der Waals surface area contributed by atoms with Crippen molar-refractivity contribution in [3.05, 3.63) is 40.4 Å². The molecule has 0 fully saturated rings. The lowest BCUT2D eigenvalue weighted by atomic mass is 10.2. The molecule has 0 bridgehead atoms. The topological polar surface area (TPSA) is 58.1 Å². The number of rotatable bonds is 5. The fourth-order valence-corrected chi connectivity index (χ4v) is 2.88. The number of nitrogens with one attached hydrogen (secondary N) is 1. The lowest BCUT2D eigenvalue weighted by Gasteiger charge is -2.18. The summed E-state index contributed by atoms with van der Waals surface area (Å²) in [5, 5.41) is 6.81. The predicted octanol–water partition coefficient (Wildman–Crippen LogP) is 2.91. The average Bonchev–Trinajstić information content (AvgIpc) is 2.90. The number of hydrogen-bond acceptors (Lipinski definition) is 5.